The van der Waals surface area contributed by atoms with Gasteiger partial charge in [-0.3, -0.25) is 9.69 Å². The molecule has 0 unspecified atom stereocenters. The van der Waals surface area contributed by atoms with Crippen molar-refractivity contribution in [3.63, 3.8) is 0 Å². The molecule has 2 aliphatic heterocycles. The number of nitrogens with zero attached hydrogens (tertiary/aromatic N) is 5. The minimum absolute atomic E-state index is 0. The second-order valence-corrected chi connectivity index (χ2v) is 7.44. The standard InChI is InChI=1S/C21H29FN6O.HI/c1-2-24-21(25-15-18-6-5-17(14-23)13-19(18)22)28-11-9-26(10-12-28)16-20(29)27-7-3-4-8-27;/h5-6,13H,2-4,7-12,15-16H2,1H3,(H,24,25);1H. The first-order chi connectivity index (χ1) is 14.1. The average molecular weight is 528 g/mol. The first-order valence-corrected chi connectivity index (χ1v) is 10.3. The van der Waals surface area contributed by atoms with Crippen molar-refractivity contribution in [3.8, 4) is 6.07 Å². The molecule has 0 bridgehead atoms. The number of benzene rings is 1. The van der Waals surface area contributed by atoms with Crippen LogP contribution in [-0.4, -0.2) is 78.9 Å². The van der Waals surface area contributed by atoms with E-state index in [1.807, 2.05) is 17.9 Å². The molecule has 1 amide bonds. The molecule has 7 nitrogen and oxygen atoms in total. The molecule has 0 aliphatic carbocycles. The number of aliphatic imine (C=N–C) groups is 1. The molecule has 0 spiro atoms. The van der Waals surface area contributed by atoms with Gasteiger partial charge in [-0.2, -0.15) is 5.26 Å². The second kappa shape index (κ2) is 12.1. The van der Waals surface area contributed by atoms with Crippen molar-refractivity contribution in [1.82, 2.24) is 20.0 Å². The predicted octanol–water partition coefficient (Wildman–Crippen LogP) is 2.02. The number of carbonyl (C=O) groups is 1. The van der Waals surface area contributed by atoms with Gasteiger partial charge in [-0.15, -0.1) is 24.0 Å². The maximum atomic E-state index is 14.1. The number of nitrogens with one attached hydrogen (secondary N) is 1. The lowest BCUT2D eigenvalue weighted by molar-refractivity contribution is -0.131. The minimum atomic E-state index is -0.408. The number of piperazine rings is 1. The lowest BCUT2D eigenvalue weighted by atomic mass is 10.1. The Hall–Kier alpha value is -1.93. The number of amides is 1. The van der Waals surface area contributed by atoms with E-state index >= 15 is 0 Å². The monoisotopic (exact) mass is 528 g/mol. The highest BCUT2D eigenvalue weighted by Crippen LogP contribution is 2.12. The summed E-state index contributed by atoms with van der Waals surface area (Å²) in [5, 5.41) is 12.1. The molecule has 2 fully saturated rings. The van der Waals surface area contributed by atoms with Crippen LogP contribution in [0.2, 0.25) is 0 Å². The molecule has 2 aliphatic rings. The van der Waals surface area contributed by atoms with Crippen LogP contribution in [0.15, 0.2) is 23.2 Å². The van der Waals surface area contributed by atoms with Crippen LogP contribution in [0.4, 0.5) is 4.39 Å². The number of hydrogen-bond donors (Lipinski definition) is 1. The summed E-state index contributed by atoms with van der Waals surface area (Å²) in [5.74, 6) is 0.573. The molecule has 0 atom stereocenters. The highest BCUT2D eigenvalue weighted by molar-refractivity contribution is 14.0. The van der Waals surface area contributed by atoms with E-state index in [-0.39, 0.29) is 36.4 Å². The molecular formula is C21H30FIN6O. The van der Waals surface area contributed by atoms with Gasteiger partial charge in [0.15, 0.2) is 5.96 Å². The summed E-state index contributed by atoms with van der Waals surface area (Å²) in [7, 11) is 0. The van der Waals surface area contributed by atoms with Crippen LogP contribution in [0.3, 0.4) is 0 Å². The van der Waals surface area contributed by atoms with Crippen LogP contribution in [0.1, 0.15) is 30.9 Å². The maximum Gasteiger partial charge on any atom is 0.236 e. The van der Waals surface area contributed by atoms with Crippen molar-refractivity contribution < 1.29 is 9.18 Å². The highest BCUT2D eigenvalue weighted by Gasteiger charge is 2.24. The van der Waals surface area contributed by atoms with Gasteiger partial charge in [0.05, 0.1) is 24.7 Å². The van der Waals surface area contributed by atoms with Gasteiger partial charge in [-0.05, 0) is 31.9 Å². The van der Waals surface area contributed by atoms with Gasteiger partial charge in [0.1, 0.15) is 5.82 Å². The summed E-state index contributed by atoms with van der Waals surface area (Å²) in [6.45, 7) is 8.36. The Labute approximate surface area is 194 Å². The number of halogens is 2. The van der Waals surface area contributed by atoms with Gasteiger partial charge in [-0.1, -0.05) is 6.07 Å². The Morgan fingerprint density at radius 3 is 2.47 bits per heavy atom. The van der Waals surface area contributed by atoms with E-state index in [2.05, 4.69) is 20.1 Å². The predicted molar refractivity (Wildman–Crippen MR) is 125 cm³/mol. The van der Waals surface area contributed by atoms with E-state index in [0.717, 1.165) is 64.6 Å². The minimum Gasteiger partial charge on any atom is -0.357 e. The molecule has 2 heterocycles. The van der Waals surface area contributed by atoms with E-state index in [1.165, 1.54) is 6.07 Å². The van der Waals surface area contributed by atoms with Crippen molar-refractivity contribution in [1.29, 1.82) is 5.26 Å². The van der Waals surface area contributed by atoms with Gasteiger partial charge in [0.25, 0.3) is 0 Å². The summed E-state index contributed by atoms with van der Waals surface area (Å²) >= 11 is 0. The molecule has 1 aromatic carbocycles. The van der Waals surface area contributed by atoms with Crippen LogP contribution in [0.25, 0.3) is 0 Å². The fourth-order valence-corrected chi connectivity index (χ4v) is 3.71. The topological polar surface area (TPSA) is 75.0 Å². The van der Waals surface area contributed by atoms with Gasteiger partial charge in [0.2, 0.25) is 5.91 Å². The fourth-order valence-electron chi connectivity index (χ4n) is 3.71. The SMILES string of the molecule is CCNC(=NCc1ccc(C#N)cc1F)N1CCN(CC(=O)N2CCCC2)CC1.I. The summed E-state index contributed by atoms with van der Waals surface area (Å²) in [4.78, 5) is 23.2. The van der Waals surface area contributed by atoms with E-state index in [9.17, 15) is 9.18 Å². The van der Waals surface area contributed by atoms with Gasteiger partial charge in [0, 0.05) is 51.4 Å². The Morgan fingerprint density at radius 1 is 1.17 bits per heavy atom. The molecule has 1 aromatic rings. The van der Waals surface area contributed by atoms with Crippen molar-refractivity contribution in [2.45, 2.75) is 26.3 Å². The van der Waals surface area contributed by atoms with E-state index in [0.29, 0.717) is 17.7 Å². The average Bonchev–Trinajstić information content (AvgIpc) is 3.27. The third-order valence-electron chi connectivity index (χ3n) is 5.41. The van der Waals surface area contributed by atoms with Crippen LogP contribution in [0.5, 0.6) is 0 Å². The van der Waals surface area contributed by atoms with Crippen LogP contribution >= 0.6 is 24.0 Å². The van der Waals surface area contributed by atoms with Crippen molar-refractivity contribution in [2.24, 2.45) is 4.99 Å². The number of nitriles is 1. The number of hydrogen-bond acceptors (Lipinski definition) is 4. The van der Waals surface area contributed by atoms with Gasteiger partial charge in [-0.25, -0.2) is 9.38 Å². The first kappa shape index (κ1) is 24.3. The van der Waals surface area contributed by atoms with Crippen LogP contribution in [0, 0.1) is 17.1 Å². The van der Waals surface area contributed by atoms with Gasteiger partial charge >= 0.3 is 0 Å². The van der Waals surface area contributed by atoms with Crippen LogP contribution < -0.4 is 5.32 Å². The first-order valence-electron chi connectivity index (χ1n) is 10.3. The fraction of sp³-hybridized carbons (Fsp3) is 0.571. The maximum absolute atomic E-state index is 14.1. The third kappa shape index (κ3) is 6.54. The van der Waals surface area contributed by atoms with E-state index in [1.54, 1.807) is 12.1 Å². The number of likely N-dealkylation sites (tertiary alicyclic amines) is 1. The largest absolute Gasteiger partial charge is 0.357 e. The Kier molecular flexibility index (Phi) is 9.78. The molecule has 2 saturated heterocycles. The molecule has 0 radical (unpaired) electrons. The molecule has 1 N–H and O–H groups in total. The molecule has 164 valence electrons. The summed E-state index contributed by atoms with van der Waals surface area (Å²) in [6.07, 6.45) is 2.23. The zero-order valence-electron chi connectivity index (χ0n) is 17.4. The lowest BCUT2D eigenvalue weighted by Gasteiger charge is -2.36. The summed E-state index contributed by atoms with van der Waals surface area (Å²) in [6, 6.07) is 6.41. The second-order valence-electron chi connectivity index (χ2n) is 7.44. The van der Waals surface area contributed by atoms with Crippen molar-refractivity contribution in [2.75, 3.05) is 52.4 Å². The number of rotatable bonds is 5. The number of guanidine groups is 1. The molecule has 0 aromatic heterocycles. The van der Waals surface area contributed by atoms with Crippen molar-refractivity contribution >= 4 is 35.8 Å². The summed E-state index contributed by atoms with van der Waals surface area (Å²) in [5.41, 5.74) is 0.774. The smallest absolute Gasteiger partial charge is 0.236 e. The zero-order valence-corrected chi connectivity index (χ0v) is 19.8. The summed E-state index contributed by atoms with van der Waals surface area (Å²) < 4.78 is 14.1. The number of carbonyl (C=O) groups excluding carboxylic acids is 1. The lowest BCUT2D eigenvalue weighted by Crippen LogP contribution is -2.54. The molecule has 0 saturated carbocycles. The zero-order chi connectivity index (χ0) is 20.6. The highest BCUT2D eigenvalue weighted by atomic mass is 127. The quantitative estimate of drug-likeness (QED) is 0.360. The normalized spacial score (nSPS) is 17.4. The molecule has 9 heteroatoms. The third-order valence-corrected chi connectivity index (χ3v) is 5.41. The van der Waals surface area contributed by atoms with Gasteiger partial charge < -0.3 is 15.1 Å². The van der Waals surface area contributed by atoms with Crippen LogP contribution in [-0.2, 0) is 11.3 Å². The van der Waals surface area contributed by atoms with Crippen molar-refractivity contribution in [3.05, 3.63) is 35.1 Å². The Balaban J connectivity index is 0.00000320. The molecule has 30 heavy (non-hydrogen) atoms. The Bertz CT molecular complexity index is 782. The Morgan fingerprint density at radius 2 is 1.87 bits per heavy atom. The van der Waals surface area contributed by atoms with E-state index < -0.39 is 5.82 Å². The molecular weight excluding hydrogens is 498 g/mol. The molecule has 3 rings (SSSR count). The van der Waals surface area contributed by atoms with E-state index in [4.69, 9.17) is 5.26 Å².